The quantitative estimate of drug-likeness (QED) is 0.118. The predicted molar refractivity (Wildman–Crippen MR) is 299 cm³/mol. The monoisotopic (exact) mass is 1030 g/mol. The Morgan fingerprint density at radius 2 is 0.700 bits per heavy atom. The van der Waals surface area contributed by atoms with E-state index >= 15 is 0 Å². The predicted octanol–water partition coefficient (Wildman–Crippen LogP) is 16.3. The average molecular weight is 1030 g/mol. The van der Waals surface area contributed by atoms with Crippen molar-refractivity contribution in [3.63, 3.8) is 0 Å². The van der Waals surface area contributed by atoms with Crippen LogP contribution in [0.25, 0.3) is 0 Å². The summed E-state index contributed by atoms with van der Waals surface area (Å²) in [6.45, 7) is 12.0. The van der Waals surface area contributed by atoms with Gasteiger partial charge in [-0.15, -0.1) is 0 Å². The van der Waals surface area contributed by atoms with Crippen LogP contribution in [0.5, 0.6) is 0 Å². The van der Waals surface area contributed by atoms with Gasteiger partial charge in [-0.1, -0.05) is 224 Å². The standard InChI is InChI=1S/2C22H34F2Si.C15H22F2Si.2CH4/c1-15-3-6-17(7-4-15)13-18-8-10-19(11-9-18)14-25-20-12-5-16(2)21(23)22(20)24;1-15-3-6-18(7-4-15)14-25-20-11-8-17(9-12-20)13-19-10-5-16(2)21(23)22(19)24;1-10-3-6-12(7-4-10)9-18-13-8-5-11(2)14(16)15(13)17;;/h5,12,15,17-19H,3-4,6-11,13-14,25H2,1-2H3;5,10,15,17-18,20H,3-4,6-9,11-14,25H2,1-2H3;5,8,10,12H,3-4,6-7,9,18H2,1-2H3;2*1H4. The highest BCUT2D eigenvalue weighted by Gasteiger charge is 2.28. The number of hydrogen-bond acceptors (Lipinski definition) is 0. The lowest BCUT2D eigenvalue weighted by atomic mass is 9.74. The van der Waals surface area contributed by atoms with Crippen molar-refractivity contribution in [2.24, 2.45) is 53.3 Å². The lowest BCUT2D eigenvalue weighted by Gasteiger charge is -2.33. The molecule has 396 valence electrons. The van der Waals surface area contributed by atoms with E-state index in [0.717, 1.165) is 71.4 Å². The number of hydrogen-bond donors (Lipinski definition) is 0. The third kappa shape index (κ3) is 18.7. The fraction of sp³-hybridized carbons (Fsp3) is 0.705. The maximum Gasteiger partial charge on any atom is 0.162 e. The fourth-order valence-corrected chi connectivity index (χ4v) is 19.3. The van der Waals surface area contributed by atoms with Gasteiger partial charge in [0, 0.05) is 9.52 Å². The Bertz CT molecular complexity index is 1970. The van der Waals surface area contributed by atoms with Crippen LogP contribution in [0.4, 0.5) is 26.3 Å². The molecular formula is C61H98F6Si3. The van der Waals surface area contributed by atoms with E-state index in [1.165, 1.54) is 135 Å². The third-order valence-corrected chi connectivity index (χ3v) is 25.4. The van der Waals surface area contributed by atoms with E-state index in [1.807, 2.05) is 6.07 Å². The van der Waals surface area contributed by atoms with Gasteiger partial charge in [0.2, 0.25) is 0 Å². The zero-order valence-corrected chi connectivity index (χ0v) is 47.5. The topological polar surface area (TPSA) is 0 Å². The van der Waals surface area contributed by atoms with Crippen LogP contribution >= 0.6 is 0 Å². The average Bonchev–Trinajstić information content (AvgIpc) is 3.34. The summed E-state index contributed by atoms with van der Waals surface area (Å²) in [7, 11) is -1.28. The molecule has 3 aromatic rings. The van der Waals surface area contributed by atoms with Crippen LogP contribution in [0.3, 0.4) is 0 Å². The van der Waals surface area contributed by atoms with Gasteiger partial charge >= 0.3 is 0 Å². The molecule has 0 unspecified atom stereocenters. The summed E-state index contributed by atoms with van der Waals surface area (Å²) < 4.78 is 82.7. The van der Waals surface area contributed by atoms with Gasteiger partial charge in [-0.05, 0) is 120 Å². The van der Waals surface area contributed by atoms with Gasteiger partial charge in [0.1, 0.15) is 0 Å². The second kappa shape index (κ2) is 30.3. The SMILES string of the molecule is C.C.Cc1ccc(CC2CCC([SiH2]CC3CCC(C)CC3)CC2)c(F)c1F.Cc1ccc([SiH2]CC2CCC(C)CC2)c(F)c1F.Cc1ccc([SiH2]CC2CCC(CC3CCC(C)CC3)CC2)c(F)c1F. The van der Waals surface area contributed by atoms with Gasteiger partial charge in [-0.2, -0.15) is 0 Å². The molecule has 0 amide bonds. The Labute approximate surface area is 431 Å². The molecule has 0 radical (unpaired) electrons. The minimum absolute atomic E-state index is 0. The molecule has 5 fully saturated rings. The van der Waals surface area contributed by atoms with Crippen molar-refractivity contribution >= 4 is 38.9 Å². The van der Waals surface area contributed by atoms with Crippen molar-refractivity contribution < 1.29 is 26.3 Å². The molecule has 0 nitrogen and oxygen atoms in total. The lowest BCUT2D eigenvalue weighted by molar-refractivity contribution is 0.201. The molecule has 70 heavy (non-hydrogen) atoms. The van der Waals surface area contributed by atoms with E-state index in [4.69, 9.17) is 0 Å². The van der Waals surface area contributed by atoms with E-state index in [2.05, 4.69) is 20.8 Å². The molecule has 9 heteroatoms. The van der Waals surface area contributed by atoms with Gasteiger partial charge in [0.05, 0.1) is 19.0 Å². The molecule has 5 saturated carbocycles. The molecule has 8 rings (SSSR count). The van der Waals surface area contributed by atoms with E-state index in [1.54, 1.807) is 57.1 Å². The van der Waals surface area contributed by atoms with Crippen LogP contribution in [-0.2, 0) is 6.42 Å². The third-order valence-electron chi connectivity index (χ3n) is 18.2. The first-order chi connectivity index (χ1) is 32.6. The second-order valence-electron chi connectivity index (χ2n) is 23.8. The van der Waals surface area contributed by atoms with Crippen LogP contribution in [0.1, 0.15) is 193 Å². The van der Waals surface area contributed by atoms with Crippen molar-refractivity contribution in [2.75, 3.05) is 0 Å². The molecule has 5 aliphatic carbocycles. The van der Waals surface area contributed by atoms with Crippen molar-refractivity contribution in [3.8, 4) is 0 Å². The van der Waals surface area contributed by atoms with Crippen LogP contribution < -0.4 is 10.4 Å². The van der Waals surface area contributed by atoms with Crippen molar-refractivity contribution in [3.05, 3.63) is 93.6 Å². The first-order valence-corrected chi connectivity index (χ1v) is 33.2. The van der Waals surface area contributed by atoms with Gasteiger partial charge in [0.15, 0.2) is 34.9 Å². The lowest BCUT2D eigenvalue weighted by Crippen LogP contribution is -2.25. The highest BCUT2D eigenvalue weighted by molar-refractivity contribution is 6.54. The fourth-order valence-electron chi connectivity index (χ4n) is 12.9. The Kier molecular flexibility index (Phi) is 26.2. The summed E-state index contributed by atoms with van der Waals surface area (Å²) in [6.07, 6.45) is 29.5. The molecule has 0 N–H and O–H groups in total. The Morgan fingerprint density at radius 3 is 1.13 bits per heavy atom. The number of aryl methyl sites for hydroxylation is 3. The number of halogens is 6. The smallest absolute Gasteiger partial charge is 0.162 e. The van der Waals surface area contributed by atoms with Gasteiger partial charge in [0.25, 0.3) is 0 Å². The van der Waals surface area contributed by atoms with Gasteiger partial charge in [-0.25, -0.2) is 26.3 Å². The zero-order chi connectivity index (χ0) is 48.7. The molecule has 0 aliphatic heterocycles. The summed E-state index contributed by atoms with van der Waals surface area (Å²) in [4.78, 5) is 0. The van der Waals surface area contributed by atoms with E-state index in [0.29, 0.717) is 38.5 Å². The zero-order valence-electron chi connectivity index (χ0n) is 43.3. The summed E-state index contributed by atoms with van der Waals surface area (Å²) >= 11 is 0. The first kappa shape index (κ1) is 60.4. The van der Waals surface area contributed by atoms with Crippen LogP contribution in [0.15, 0.2) is 36.4 Å². The van der Waals surface area contributed by atoms with Crippen molar-refractivity contribution in [1.82, 2.24) is 0 Å². The van der Waals surface area contributed by atoms with Gasteiger partial charge < -0.3 is 0 Å². The molecule has 5 aliphatic rings. The van der Waals surface area contributed by atoms with E-state index < -0.39 is 53.9 Å². The highest BCUT2D eigenvalue weighted by Crippen LogP contribution is 2.40. The van der Waals surface area contributed by atoms with E-state index in [-0.39, 0.29) is 24.4 Å². The molecule has 0 aromatic heterocycles. The molecule has 3 aromatic carbocycles. The largest absolute Gasteiger partial charge is 0.204 e. The Morgan fingerprint density at radius 1 is 0.371 bits per heavy atom. The summed E-state index contributed by atoms with van der Waals surface area (Å²) in [5.74, 6) is 4.12. The van der Waals surface area contributed by atoms with Crippen molar-refractivity contribution in [2.45, 2.75) is 221 Å². The maximum atomic E-state index is 14.1. The number of rotatable bonds is 13. The summed E-state index contributed by atoms with van der Waals surface area (Å²) in [5, 5.41) is 1.37. The van der Waals surface area contributed by atoms with E-state index in [9.17, 15) is 26.3 Å². The molecule has 0 heterocycles. The summed E-state index contributed by atoms with van der Waals surface area (Å²) in [6, 6.07) is 14.4. The molecular weight excluding hydrogens is 931 g/mol. The number of benzene rings is 3. The first-order valence-electron chi connectivity index (χ1n) is 27.9. The van der Waals surface area contributed by atoms with Gasteiger partial charge in [-0.3, -0.25) is 0 Å². The van der Waals surface area contributed by atoms with Crippen LogP contribution in [-0.4, -0.2) is 28.6 Å². The highest BCUT2D eigenvalue weighted by atomic mass is 28.2. The second-order valence-corrected chi connectivity index (χ2v) is 29.7. The maximum absolute atomic E-state index is 14.1. The molecule has 0 bridgehead atoms. The summed E-state index contributed by atoms with van der Waals surface area (Å²) in [5.41, 5.74) is 2.84. The van der Waals surface area contributed by atoms with Crippen LogP contribution in [0.2, 0.25) is 23.7 Å². The molecule has 0 saturated heterocycles. The minimum atomic E-state index is -0.686. The normalized spacial score (nSPS) is 28.5. The van der Waals surface area contributed by atoms with Crippen molar-refractivity contribution in [1.29, 1.82) is 0 Å². The minimum Gasteiger partial charge on any atom is -0.204 e. The Hall–Kier alpha value is -2.11. The van der Waals surface area contributed by atoms with Crippen LogP contribution in [0, 0.1) is 109 Å². The Balaban J connectivity index is 0.000000229. The molecule has 0 atom stereocenters. The molecule has 0 spiro atoms.